The van der Waals surface area contributed by atoms with E-state index in [-0.39, 0.29) is 6.10 Å². The molecule has 130 valence electrons. The van der Waals surface area contributed by atoms with Crippen LogP contribution in [0.2, 0.25) is 0 Å². The Bertz CT molecular complexity index is 682. The molecule has 1 unspecified atom stereocenters. The van der Waals surface area contributed by atoms with E-state index < -0.39 is 0 Å². The number of benzene rings is 1. The lowest BCUT2D eigenvalue weighted by Gasteiger charge is -2.18. The third kappa shape index (κ3) is 5.49. The Labute approximate surface area is 155 Å². The van der Waals surface area contributed by atoms with Crippen LogP contribution < -0.4 is 15.4 Å². The van der Waals surface area contributed by atoms with Gasteiger partial charge in [0.2, 0.25) is 0 Å². The van der Waals surface area contributed by atoms with Crippen LogP contribution in [0.25, 0.3) is 0 Å². The first-order chi connectivity index (χ1) is 11.5. The molecule has 1 aromatic carbocycles. The molecule has 0 fully saturated rings. The molecular formula is C17H23BrN4OS. The number of thiazole rings is 1. The summed E-state index contributed by atoms with van der Waals surface area (Å²) in [6, 6.07) is 7.83. The second-order valence-electron chi connectivity index (χ2n) is 5.41. The summed E-state index contributed by atoms with van der Waals surface area (Å²) in [4.78, 5) is 10.0. The maximum atomic E-state index is 5.92. The molecule has 0 amide bonds. The molecule has 5 nitrogen and oxygen atoms in total. The van der Waals surface area contributed by atoms with Crippen molar-refractivity contribution in [3.63, 3.8) is 0 Å². The lowest BCUT2D eigenvalue weighted by Crippen LogP contribution is -2.41. The number of guanidine groups is 1. The number of ether oxygens (including phenoxy) is 1. The molecule has 1 atom stereocenters. The Morgan fingerprint density at radius 3 is 2.71 bits per heavy atom. The van der Waals surface area contributed by atoms with Crippen LogP contribution in [-0.4, -0.2) is 30.6 Å². The number of aryl methyl sites for hydroxylation is 2. The predicted octanol–water partition coefficient (Wildman–Crippen LogP) is 3.65. The van der Waals surface area contributed by atoms with Gasteiger partial charge in [-0.2, -0.15) is 0 Å². The molecule has 0 spiro atoms. The highest BCUT2D eigenvalue weighted by molar-refractivity contribution is 9.10. The van der Waals surface area contributed by atoms with Gasteiger partial charge in [0, 0.05) is 11.9 Å². The van der Waals surface area contributed by atoms with Gasteiger partial charge in [-0.05, 0) is 48.8 Å². The van der Waals surface area contributed by atoms with Crippen LogP contribution in [0.3, 0.4) is 0 Å². The van der Waals surface area contributed by atoms with E-state index in [9.17, 15) is 0 Å². The summed E-state index contributed by atoms with van der Waals surface area (Å²) in [6.45, 7) is 7.45. The van der Waals surface area contributed by atoms with Gasteiger partial charge in [0.25, 0.3) is 0 Å². The minimum absolute atomic E-state index is 0.00611. The van der Waals surface area contributed by atoms with Crippen molar-refractivity contribution in [3.05, 3.63) is 44.3 Å². The normalized spacial score (nSPS) is 12.8. The number of hydrogen-bond acceptors (Lipinski definition) is 4. The average molecular weight is 411 g/mol. The molecule has 2 N–H and O–H groups in total. The topological polar surface area (TPSA) is 58.5 Å². The minimum Gasteiger partial charge on any atom is -0.488 e. The molecule has 2 rings (SSSR count). The molecule has 0 saturated heterocycles. The van der Waals surface area contributed by atoms with Gasteiger partial charge in [0.05, 0.1) is 23.3 Å². The Hall–Kier alpha value is -1.60. The fourth-order valence-corrected chi connectivity index (χ4v) is 3.29. The van der Waals surface area contributed by atoms with Crippen molar-refractivity contribution in [3.8, 4) is 5.75 Å². The zero-order chi connectivity index (χ0) is 17.5. The summed E-state index contributed by atoms with van der Waals surface area (Å²) in [5, 5.41) is 7.62. The Morgan fingerprint density at radius 1 is 1.33 bits per heavy atom. The number of hydrogen-bond donors (Lipinski definition) is 2. The quantitative estimate of drug-likeness (QED) is 0.563. The van der Waals surface area contributed by atoms with Gasteiger partial charge >= 0.3 is 0 Å². The standard InChI is InChI=1S/C17H23BrN4OS/c1-11(23-15-8-6-5-7-14(15)18)9-20-17(19-4)21-10-16-22-12(2)13(3)24-16/h5-8,11H,9-10H2,1-4H3,(H2,19,20,21). The van der Waals surface area contributed by atoms with Crippen LogP contribution in [0.15, 0.2) is 33.7 Å². The van der Waals surface area contributed by atoms with E-state index in [4.69, 9.17) is 4.74 Å². The number of para-hydroxylation sites is 1. The number of aromatic nitrogens is 1. The van der Waals surface area contributed by atoms with Crippen molar-refractivity contribution < 1.29 is 4.74 Å². The van der Waals surface area contributed by atoms with Crippen molar-refractivity contribution in [1.29, 1.82) is 0 Å². The van der Waals surface area contributed by atoms with Crippen LogP contribution in [0.4, 0.5) is 0 Å². The number of aliphatic imine (C=N–C) groups is 1. The van der Waals surface area contributed by atoms with Crippen LogP contribution in [0.1, 0.15) is 22.5 Å². The highest BCUT2D eigenvalue weighted by Crippen LogP contribution is 2.24. The van der Waals surface area contributed by atoms with Gasteiger partial charge in [0.15, 0.2) is 5.96 Å². The molecule has 0 aliphatic carbocycles. The van der Waals surface area contributed by atoms with Gasteiger partial charge in [0.1, 0.15) is 16.9 Å². The smallest absolute Gasteiger partial charge is 0.191 e. The fraction of sp³-hybridized carbons (Fsp3) is 0.412. The molecule has 7 heteroatoms. The Kier molecular flexibility index (Phi) is 7.05. The average Bonchev–Trinajstić information content (AvgIpc) is 2.88. The summed E-state index contributed by atoms with van der Waals surface area (Å²) < 4.78 is 6.87. The zero-order valence-corrected chi connectivity index (χ0v) is 16.8. The lowest BCUT2D eigenvalue weighted by atomic mass is 10.3. The number of nitrogens with zero attached hydrogens (tertiary/aromatic N) is 2. The van der Waals surface area contributed by atoms with E-state index in [1.807, 2.05) is 38.1 Å². The molecule has 1 heterocycles. The molecule has 0 bridgehead atoms. The molecule has 24 heavy (non-hydrogen) atoms. The SMILES string of the molecule is CN=C(NCc1nc(C)c(C)s1)NCC(C)Oc1ccccc1Br. The van der Waals surface area contributed by atoms with Crippen molar-refractivity contribution >= 4 is 33.2 Å². The Balaban J connectivity index is 1.79. The molecule has 0 aliphatic rings. The number of rotatable bonds is 6. The maximum absolute atomic E-state index is 5.92. The van der Waals surface area contributed by atoms with E-state index in [0.29, 0.717) is 13.1 Å². The van der Waals surface area contributed by atoms with Gasteiger partial charge in [-0.3, -0.25) is 4.99 Å². The molecule has 2 aromatic rings. The highest BCUT2D eigenvalue weighted by Gasteiger charge is 2.09. The highest BCUT2D eigenvalue weighted by atomic mass is 79.9. The zero-order valence-electron chi connectivity index (χ0n) is 14.4. The third-order valence-corrected chi connectivity index (χ3v) is 5.15. The van der Waals surface area contributed by atoms with Crippen molar-refractivity contribution in [2.24, 2.45) is 4.99 Å². The second-order valence-corrected chi connectivity index (χ2v) is 7.56. The first kappa shape index (κ1) is 18.7. The second kappa shape index (κ2) is 9.03. The van der Waals surface area contributed by atoms with Gasteiger partial charge < -0.3 is 15.4 Å². The van der Waals surface area contributed by atoms with E-state index in [1.54, 1.807) is 18.4 Å². The Morgan fingerprint density at radius 2 is 2.08 bits per heavy atom. The fourth-order valence-electron chi connectivity index (χ4n) is 2.03. The number of halogens is 1. The molecule has 0 aliphatic heterocycles. The summed E-state index contributed by atoms with van der Waals surface area (Å²) >= 11 is 5.20. The van der Waals surface area contributed by atoms with Crippen molar-refractivity contribution in [1.82, 2.24) is 15.6 Å². The van der Waals surface area contributed by atoms with Gasteiger partial charge in [-0.1, -0.05) is 12.1 Å². The number of nitrogens with one attached hydrogen (secondary N) is 2. The van der Waals surface area contributed by atoms with E-state index in [1.165, 1.54) is 4.88 Å². The summed E-state index contributed by atoms with van der Waals surface area (Å²) in [7, 11) is 1.76. The maximum Gasteiger partial charge on any atom is 0.191 e. The van der Waals surface area contributed by atoms with Crippen LogP contribution in [0, 0.1) is 13.8 Å². The largest absolute Gasteiger partial charge is 0.488 e. The molecule has 0 radical (unpaired) electrons. The van der Waals surface area contributed by atoms with Crippen molar-refractivity contribution in [2.75, 3.05) is 13.6 Å². The summed E-state index contributed by atoms with van der Waals surface area (Å²) in [5.74, 6) is 1.58. The summed E-state index contributed by atoms with van der Waals surface area (Å²) in [6.07, 6.45) is 0.00611. The van der Waals surface area contributed by atoms with Gasteiger partial charge in [-0.25, -0.2) is 4.98 Å². The molecular weight excluding hydrogens is 388 g/mol. The molecule has 1 aromatic heterocycles. The van der Waals surface area contributed by atoms with E-state index in [2.05, 4.69) is 43.5 Å². The predicted molar refractivity (Wildman–Crippen MR) is 104 cm³/mol. The van der Waals surface area contributed by atoms with Gasteiger partial charge in [-0.15, -0.1) is 11.3 Å². The third-order valence-electron chi connectivity index (χ3n) is 3.43. The lowest BCUT2D eigenvalue weighted by molar-refractivity contribution is 0.222. The summed E-state index contributed by atoms with van der Waals surface area (Å²) in [5.41, 5.74) is 1.09. The first-order valence-corrected chi connectivity index (χ1v) is 9.39. The minimum atomic E-state index is 0.00611. The van der Waals surface area contributed by atoms with Crippen LogP contribution in [0.5, 0.6) is 5.75 Å². The first-order valence-electron chi connectivity index (χ1n) is 7.78. The molecule has 0 saturated carbocycles. The van der Waals surface area contributed by atoms with Crippen LogP contribution in [-0.2, 0) is 6.54 Å². The van der Waals surface area contributed by atoms with E-state index in [0.717, 1.165) is 26.9 Å². The van der Waals surface area contributed by atoms with Crippen LogP contribution >= 0.6 is 27.3 Å². The monoisotopic (exact) mass is 410 g/mol. The van der Waals surface area contributed by atoms with E-state index >= 15 is 0 Å². The van der Waals surface area contributed by atoms with Crippen molar-refractivity contribution in [2.45, 2.75) is 33.4 Å².